The molecule has 0 saturated heterocycles. The quantitative estimate of drug-likeness (QED) is 0.576. The van der Waals surface area contributed by atoms with Crippen molar-refractivity contribution in [3.05, 3.63) is 17.7 Å². The van der Waals surface area contributed by atoms with Gasteiger partial charge in [-0.05, 0) is 51.2 Å². The summed E-state index contributed by atoms with van der Waals surface area (Å²) >= 11 is 0. The van der Waals surface area contributed by atoms with Crippen LogP contribution in [0.15, 0.2) is 12.1 Å². The average Bonchev–Trinajstić information content (AvgIpc) is 2.72. The van der Waals surface area contributed by atoms with Crippen molar-refractivity contribution in [3.63, 3.8) is 0 Å². The number of ether oxygens (including phenoxy) is 4. The van der Waals surface area contributed by atoms with Gasteiger partial charge in [0.1, 0.15) is 0 Å². The van der Waals surface area contributed by atoms with E-state index >= 15 is 0 Å². The highest BCUT2D eigenvalue weighted by Crippen LogP contribution is 2.39. The second-order valence-corrected chi connectivity index (χ2v) is 7.62. The molecule has 1 saturated carbocycles. The first kappa shape index (κ1) is 23.8. The topological polar surface area (TPSA) is 83.1 Å². The molecular weight excluding hydrogens is 386 g/mol. The van der Waals surface area contributed by atoms with E-state index in [-0.39, 0.29) is 24.1 Å². The first-order valence-electron chi connectivity index (χ1n) is 10.9. The zero-order chi connectivity index (χ0) is 22.1. The van der Waals surface area contributed by atoms with Crippen molar-refractivity contribution >= 4 is 11.9 Å². The monoisotopic (exact) mass is 421 g/mol. The van der Waals surface area contributed by atoms with Crippen molar-refractivity contribution in [2.24, 2.45) is 11.8 Å². The molecule has 0 bridgehead atoms. The minimum Gasteiger partial charge on any atom is -0.490 e. The van der Waals surface area contributed by atoms with Gasteiger partial charge in [0.2, 0.25) is 5.75 Å². The molecule has 1 aliphatic rings. The molecule has 0 spiro atoms. The Bertz CT molecular complexity index is 693. The van der Waals surface area contributed by atoms with Crippen LogP contribution in [0.3, 0.4) is 0 Å². The van der Waals surface area contributed by atoms with Gasteiger partial charge in [0.15, 0.2) is 18.1 Å². The molecular formula is C23H35NO6. The molecule has 1 aromatic rings. The first-order chi connectivity index (χ1) is 14.4. The highest BCUT2D eigenvalue weighted by molar-refractivity contribution is 5.92. The van der Waals surface area contributed by atoms with E-state index in [9.17, 15) is 9.59 Å². The maximum atomic E-state index is 12.6. The number of nitrogens with one attached hydrogen (secondary N) is 1. The molecule has 1 N–H and O–H groups in total. The summed E-state index contributed by atoms with van der Waals surface area (Å²) in [4.78, 5) is 24.9. The number of carbonyl (C=O) groups is 2. The molecule has 3 atom stereocenters. The summed E-state index contributed by atoms with van der Waals surface area (Å²) in [6.07, 6.45) is 3.24. The van der Waals surface area contributed by atoms with Gasteiger partial charge in [-0.15, -0.1) is 0 Å². The van der Waals surface area contributed by atoms with Gasteiger partial charge in [-0.1, -0.05) is 26.7 Å². The van der Waals surface area contributed by atoms with Gasteiger partial charge in [-0.3, -0.25) is 4.79 Å². The predicted molar refractivity (Wildman–Crippen MR) is 114 cm³/mol. The predicted octanol–water partition coefficient (Wildman–Crippen LogP) is 3.98. The summed E-state index contributed by atoms with van der Waals surface area (Å²) in [6, 6.07) is 3.24. The molecule has 1 amide bonds. The first-order valence-corrected chi connectivity index (χ1v) is 10.9. The van der Waals surface area contributed by atoms with E-state index in [1.165, 1.54) is 6.42 Å². The Hall–Kier alpha value is -2.44. The van der Waals surface area contributed by atoms with E-state index < -0.39 is 5.97 Å². The fraction of sp³-hybridized carbons (Fsp3) is 0.652. The van der Waals surface area contributed by atoms with Gasteiger partial charge < -0.3 is 24.3 Å². The lowest BCUT2D eigenvalue weighted by atomic mass is 9.78. The number of hydrogen-bond acceptors (Lipinski definition) is 6. The lowest BCUT2D eigenvalue weighted by Crippen LogP contribution is -2.45. The molecule has 1 aromatic carbocycles. The number of esters is 1. The summed E-state index contributed by atoms with van der Waals surface area (Å²) in [5.74, 6) is 1.36. The second kappa shape index (κ2) is 11.7. The number of rotatable bonds is 10. The molecule has 0 heterocycles. The van der Waals surface area contributed by atoms with E-state index in [0.717, 1.165) is 12.8 Å². The summed E-state index contributed by atoms with van der Waals surface area (Å²) in [5.41, 5.74) is 0.248. The van der Waals surface area contributed by atoms with Crippen LogP contribution in [0.2, 0.25) is 0 Å². The van der Waals surface area contributed by atoms with Crippen molar-refractivity contribution in [3.8, 4) is 17.2 Å². The minimum atomic E-state index is -0.611. The van der Waals surface area contributed by atoms with Gasteiger partial charge >= 0.3 is 5.97 Å². The fourth-order valence-corrected chi connectivity index (χ4v) is 3.76. The summed E-state index contributed by atoms with van der Waals surface area (Å²) in [7, 11) is 0. The number of hydrogen-bond donors (Lipinski definition) is 1. The Kier molecular flexibility index (Phi) is 9.27. The Morgan fingerprint density at radius 1 is 0.967 bits per heavy atom. The lowest BCUT2D eigenvalue weighted by Gasteiger charge is -2.34. The Morgan fingerprint density at radius 2 is 1.57 bits per heavy atom. The number of benzene rings is 1. The Balaban J connectivity index is 2.05. The summed E-state index contributed by atoms with van der Waals surface area (Å²) in [6.45, 7) is 10.8. The molecule has 1 fully saturated rings. The van der Waals surface area contributed by atoms with Crippen LogP contribution in [-0.2, 0) is 9.53 Å². The molecule has 7 heteroatoms. The van der Waals surface area contributed by atoms with Crippen LogP contribution in [0.5, 0.6) is 17.2 Å². The fourth-order valence-electron chi connectivity index (χ4n) is 3.76. The second-order valence-electron chi connectivity index (χ2n) is 7.62. The number of amides is 1. The minimum absolute atomic E-state index is 0.125. The average molecular weight is 422 g/mol. The molecule has 7 nitrogen and oxygen atoms in total. The van der Waals surface area contributed by atoms with Crippen LogP contribution in [0.1, 0.15) is 64.2 Å². The van der Waals surface area contributed by atoms with Gasteiger partial charge in [0.25, 0.3) is 5.91 Å². The van der Waals surface area contributed by atoms with Gasteiger partial charge in [-0.25, -0.2) is 4.79 Å². The molecule has 0 radical (unpaired) electrons. The molecule has 0 aromatic heterocycles. The van der Waals surface area contributed by atoms with Crippen molar-refractivity contribution in [2.75, 3.05) is 26.4 Å². The molecule has 0 unspecified atom stereocenters. The van der Waals surface area contributed by atoms with Crippen LogP contribution >= 0.6 is 0 Å². The van der Waals surface area contributed by atoms with Crippen molar-refractivity contribution in [2.45, 2.75) is 59.9 Å². The lowest BCUT2D eigenvalue weighted by molar-refractivity contribution is -0.125. The molecule has 1 aliphatic carbocycles. The molecule has 30 heavy (non-hydrogen) atoms. The maximum Gasteiger partial charge on any atom is 0.338 e. The van der Waals surface area contributed by atoms with E-state index in [0.29, 0.717) is 48.9 Å². The maximum absolute atomic E-state index is 12.6. The smallest absolute Gasteiger partial charge is 0.338 e. The van der Waals surface area contributed by atoms with E-state index in [4.69, 9.17) is 18.9 Å². The van der Waals surface area contributed by atoms with Crippen molar-refractivity contribution in [1.29, 1.82) is 0 Å². The zero-order valence-electron chi connectivity index (χ0n) is 18.8. The van der Waals surface area contributed by atoms with Crippen LogP contribution in [0, 0.1) is 11.8 Å². The van der Waals surface area contributed by atoms with Gasteiger partial charge in [-0.2, -0.15) is 0 Å². The van der Waals surface area contributed by atoms with E-state index in [1.54, 1.807) is 12.1 Å². The Labute approximate surface area is 179 Å². The standard InChI is InChI=1S/C23H35NO6/c1-6-27-19-12-17(13-20(28-7-2)22(19)29-8-3)23(26)30-14-21(25)24-18-11-9-10-15(4)16(18)5/h12-13,15-16,18H,6-11,14H2,1-5H3,(H,24,25)/t15-,16+,18+/m1/s1. The zero-order valence-corrected chi connectivity index (χ0v) is 18.8. The van der Waals surface area contributed by atoms with Gasteiger partial charge in [0.05, 0.1) is 25.4 Å². The van der Waals surface area contributed by atoms with Crippen LogP contribution in [0.4, 0.5) is 0 Å². The van der Waals surface area contributed by atoms with E-state index in [1.807, 2.05) is 20.8 Å². The molecule has 0 aliphatic heterocycles. The van der Waals surface area contributed by atoms with Crippen LogP contribution in [-0.4, -0.2) is 44.3 Å². The third kappa shape index (κ3) is 6.28. The van der Waals surface area contributed by atoms with Crippen LogP contribution < -0.4 is 19.5 Å². The van der Waals surface area contributed by atoms with Crippen molar-refractivity contribution < 1.29 is 28.5 Å². The number of carbonyl (C=O) groups excluding carboxylic acids is 2. The summed E-state index contributed by atoms with van der Waals surface area (Å²) in [5, 5.41) is 3.01. The van der Waals surface area contributed by atoms with E-state index in [2.05, 4.69) is 19.2 Å². The molecule has 168 valence electrons. The SMILES string of the molecule is CCOc1cc(C(=O)OCC(=O)N[C@H]2CCC[C@@H](C)[C@@H]2C)cc(OCC)c1OCC. The Morgan fingerprint density at radius 3 is 2.13 bits per heavy atom. The third-order valence-corrected chi connectivity index (χ3v) is 5.53. The molecule has 2 rings (SSSR count). The van der Waals surface area contributed by atoms with Gasteiger partial charge in [0, 0.05) is 6.04 Å². The highest BCUT2D eigenvalue weighted by Gasteiger charge is 2.28. The highest BCUT2D eigenvalue weighted by atomic mass is 16.5. The van der Waals surface area contributed by atoms with Crippen LogP contribution in [0.25, 0.3) is 0 Å². The summed E-state index contributed by atoms with van der Waals surface area (Å²) < 4.78 is 22.1. The third-order valence-electron chi connectivity index (χ3n) is 5.53. The normalized spacial score (nSPS) is 20.9. The van der Waals surface area contributed by atoms with Crippen molar-refractivity contribution in [1.82, 2.24) is 5.32 Å². The largest absolute Gasteiger partial charge is 0.490 e.